The number of unbranched alkanes of at least 4 members (excludes halogenated alkanes) is 1. The van der Waals surface area contributed by atoms with Crippen LogP contribution in [-0.2, 0) is 6.54 Å². The van der Waals surface area contributed by atoms with Crippen LogP contribution >= 0.6 is 11.6 Å². The molecule has 1 aromatic carbocycles. The van der Waals surface area contributed by atoms with Crippen molar-refractivity contribution in [3.05, 3.63) is 23.2 Å². The maximum absolute atomic E-state index is 5.95. The molecule has 3 nitrogen and oxygen atoms in total. The summed E-state index contributed by atoms with van der Waals surface area (Å²) >= 11 is 5.95. The predicted octanol–water partition coefficient (Wildman–Crippen LogP) is 3.07. The molecule has 15 heavy (non-hydrogen) atoms. The second kappa shape index (κ2) is 4.11. The molecule has 0 unspecified atom stereocenters. The first-order valence-electron chi connectivity index (χ1n) is 5.13. The van der Waals surface area contributed by atoms with E-state index in [0.717, 1.165) is 35.4 Å². The fourth-order valence-corrected chi connectivity index (χ4v) is 1.83. The zero-order chi connectivity index (χ0) is 10.8. The molecule has 0 saturated carbocycles. The predicted molar refractivity (Wildman–Crippen MR) is 64.1 cm³/mol. The molecule has 2 N–H and O–H groups in total. The molecule has 0 radical (unpaired) electrons. The van der Waals surface area contributed by atoms with Crippen molar-refractivity contribution in [1.82, 2.24) is 9.55 Å². The number of anilines is 1. The Morgan fingerprint density at radius 2 is 2.27 bits per heavy atom. The summed E-state index contributed by atoms with van der Waals surface area (Å²) in [7, 11) is 0. The van der Waals surface area contributed by atoms with E-state index in [1.165, 1.54) is 0 Å². The van der Waals surface area contributed by atoms with E-state index in [1.807, 2.05) is 22.8 Å². The van der Waals surface area contributed by atoms with Crippen LogP contribution in [0.25, 0.3) is 11.0 Å². The molecule has 4 heteroatoms. The van der Waals surface area contributed by atoms with Crippen molar-refractivity contribution in [3.63, 3.8) is 0 Å². The number of nitrogens with two attached hydrogens (primary N) is 1. The minimum Gasteiger partial charge on any atom is -0.369 e. The highest BCUT2D eigenvalue weighted by molar-refractivity contribution is 6.31. The maximum atomic E-state index is 5.95. The van der Waals surface area contributed by atoms with Crippen LogP contribution in [-0.4, -0.2) is 9.55 Å². The number of halogens is 1. The molecular weight excluding hydrogens is 210 g/mol. The third-order valence-electron chi connectivity index (χ3n) is 2.48. The number of aryl methyl sites for hydroxylation is 1. The van der Waals surface area contributed by atoms with Crippen LogP contribution in [0, 0.1) is 0 Å². The van der Waals surface area contributed by atoms with Crippen molar-refractivity contribution >= 4 is 28.6 Å². The minimum absolute atomic E-state index is 0.570. The number of fused-ring (bicyclic) bond motifs is 1. The van der Waals surface area contributed by atoms with Gasteiger partial charge in [-0.1, -0.05) is 24.9 Å². The molecule has 0 atom stereocenters. The lowest BCUT2D eigenvalue weighted by molar-refractivity contribution is 0.653. The van der Waals surface area contributed by atoms with Gasteiger partial charge in [0.25, 0.3) is 0 Å². The number of rotatable bonds is 3. The normalized spacial score (nSPS) is 11.1. The Morgan fingerprint density at radius 3 is 3.00 bits per heavy atom. The Kier molecular flexibility index (Phi) is 2.82. The first kappa shape index (κ1) is 10.3. The van der Waals surface area contributed by atoms with Crippen molar-refractivity contribution in [2.45, 2.75) is 26.3 Å². The van der Waals surface area contributed by atoms with Crippen LogP contribution in [0.3, 0.4) is 0 Å². The molecule has 0 bridgehead atoms. The lowest BCUT2D eigenvalue weighted by Crippen LogP contribution is -2.02. The summed E-state index contributed by atoms with van der Waals surface area (Å²) in [5.41, 5.74) is 7.78. The summed E-state index contributed by atoms with van der Waals surface area (Å²) in [4.78, 5) is 4.29. The second-order valence-electron chi connectivity index (χ2n) is 3.61. The molecule has 0 aliphatic rings. The summed E-state index contributed by atoms with van der Waals surface area (Å²) < 4.78 is 2.02. The number of benzene rings is 1. The Hall–Kier alpha value is -1.22. The fraction of sp³-hybridized carbons (Fsp3) is 0.364. The van der Waals surface area contributed by atoms with Gasteiger partial charge in [-0.3, -0.25) is 0 Å². The van der Waals surface area contributed by atoms with Gasteiger partial charge in [0.05, 0.1) is 11.0 Å². The number of hydrogen-bond donors (Lipinski definition) is 1. The first-order valence-corrected chi connectivity index (χ1v) is 5.51. The van der Waals surface area contributed by atoms with Crippen molar-refractivity contribution in [3.8, 4) is 0 Å². The van der Waals surface area contributed by atoms with E-state index >= 15 is 0 Å². The van der Waals surface area contributed by atoms with Crippen LogP contribution in [0.4, 0.5) is 5.95 Å². The van der Waals surface area contributed by atoms with E-state index in [9.17, 15) is 0 Å². The molecule has 80 valence electrons. The summed E-state index contributed by atoms with van der Waals surface area (Å²) in [6.45, 7) is 3.06. The lowest BCUT2D eigenvalue weighted by Gasteiger charge is -2.04. The monoisotopic (exact) mass is 223 g/mol. The van der Waals surface area contributed by atoms with Gasteiger partial charge in [-0.2, -0.15) is 0 Å². The number of imidazole rings is 1. The number of hydrogen-bond acceptors (Lipinski definition) is 2. The third kappa shape index (κ3) is 1.92. The van der Waals surface area contributed by atoms with Gasteiger partial charge in [0.2, 0.25) is 5.95 Å². The van der Waals surface area contributed by atoms with Gasteiger partial charge in [-0.15, -0.1) is 0 Å². The number of nitrogen functional groups attached to an aromatic ring is 1. The molecular formula is C11H14ClN3. The van der Waals surface area contributed by atoms with Crippen molar-refractivity contribution in [2.24, 2.45) is 0 Å². The van der Waals surface area contributed by atoms with E-state index in [2.05, 4.69) is 11.9 Å². The average molecular weight is 224 g/mol. The van der Waals surface area contributed by atoms with Crippen LogP contribution in [0.5, 0.6) is 0 Å². The number of aromatic nitrogens is 2. The van der Waals surface area contributed by atoms with Gasteiger partial charge in [0, 0.05) is 11.6 Å². The van der Waals surface area contributed by atoms with Gasteiger partial charge in [-0.25, -0.2) is 4.98 Å². The molecule has 0 fully saturated rings. The van der Waals surface area contributed by atoms with Crippen molar-refractivity contribution in [2.75, 3.05) is 5.73 Å². The molecule has 2 aromatic rings. The smallest absolute Gasteiger partial charge is 0.201 e. The molecule has 1 heterocycles. The summed E-state index contributed by atoms with van der Waals surface area (Å²) in [5.74, 6) is 0.570. The zero-order valence-corrected chi connectivity index (χ0v) is 9.46. The molecule has 0 aliphatic carbocycles. The summed E-state index contributed by atoms with van der Waals surface area (Å²) in [5, 5.41) is 0.722. The van der Waals surface area contributed by atoms with Gasteiger partial charge in [-0.05, 0) is 24.6 Å². The second-order valence-corrected chi connectivity index (χ2v) is 4.04. The van der Waals surface area contributed by atoms with Gasteiger partial charge < -0.3 is 10.3 Å². The fourth-order valence-electron chi connectivity index (χ4n) is 1.67. The van der Waals surface area contributed by atoms with Crippen LogP contribution in [0.2, 0.25) is 5.02 Å². The molecule has 1 aromatic heterocycles. The van der Waals surface area contributed by atoms with Crippen LogP contribution in [0.15, 0.2) is 18.2 Å². The summed E-state index contributed by atoms with van der Waals surface area (Å²) in [6.07, 6.45) is 2.24. The zero-order valence-electron chi connectivity index (χ0n) is 8.70. The largest absolute Gasteiger partial charge is 0.369 e. The molecule has 0 spiro atoms. The Morgan fingerprint density at radius 1 is 1.47 bits per heavy atom. The molecule has 0 amide bonds. The highest BCUT2D eigenvalue weighted by Crippen LogP contribution is 2.22. The average Bonchev–Trinajstić information content (AvgIpc) is 2.51. The van der Waals surface area contributed by atoms with Crippen molar-refractivity contribution < 1.29 is 0 Å². The topological polar surface area (TPSA) is 43.8 Å². The van der Waals surface area contributed by atoms with E-state index in [1.54, 1.807) is 0 Å². The van der Waals surface area contributed by atoms with Gasteiger partial charge in [0.1, 0.15) is 0 Å². The summed E-state index contributed by atoms with van der Waals surface area (Å²) in [6, 6.07) is 5.65. The van der Waals surface area contributed by atoms with Gasteiger partial charge >= 0.3 is 0 Å². The molecule has 0 aliphatic heterocycles. The Balaban J connectivity index is 2.50. The highest BCUT2D eigenvalue weighted by Gasteiger charge is 2.07. The Labute approximate surface area is 93.9 Å². The standard InChI is InChI=1S/C11H14ClN3/c1-2-3-6-15-10-7-8(12)4-5-9(10)14-11(15)13/h4-5,7H,2-3,6H2,1H3,(H2,13,14). The minimum atomic E-state index is 0.570. The molecule has 0 saturated heterocycles. The Bertz CT molecular complexity index is 476. The van der Waals surface area contributed by atoms with E-state index in [-0.39, 0.29) is 0 Å². The third-order valence-corrected chi connectivity index (χ3v) is 2.71. The van der Waals surface area contributed by atoms with E-state index in [4.69, 9.17) is 17.3 Å². The van der Waals surface area contributed by atoms with Gasteiger partial charge in [0.15, 0.2) is 0 Å². The van der Waals surface area contributed by atoms with Crippen molar-refractivity contribution in [1.29, 1.82) is 0 Å². The van der Waals surface area contributed by atoms with E-state index in [0.29, 0.717) is 5.95 Å². The SMILES string of the molecule is CCCCn1c(N)nc2ccc(Cl)cc21. The van der Waals surface area contributed by atoms with E-state index < -0.39 is 0 Å². The first-order chi connectivity index (χ1) is 7.22. The lowest BCUT2D eigenvalue weighted by atomic mass is 10.3. The molecule has 2 rings (SSSR count). The van der Waals surface area contributed by atoms with Crippen LogP contribution in [0.1, 0.15) is 19.8 Å². The maximum Gasteiger partial charge on any atom is 0.201 e. The highest BCUT2D eigenvalue weighted by atomic mass is 35.5. The number of nitrogens with zero attached hydrogens (tertiary/aromatic N) is 2. The van der Waals surface area contributed by atoms with Crippen LogP contribution < -0.4 is 5.73 Å². The quantitative estimate of drug-likeness (QED) is 0.869.